The van der Waals surface area contributed by atoms with Gasteiger partial charge in [0.05, 0.1) is 0 Å². The molecule has 1 aliphatic heterocycles. The van der Waals surface area contributed by atoms with E-state index in [2.05, 4.69) is 25.7 Å². The molecule has 2 nitrogen and oxygen atoms in total. The first-order chi connectivity index (χ1) is 7.97. The molecule has 0 aromatic rings. The Hall–Kier alpha value is -0.530. The zero-order valence-corrected chi connectivity index (χ0v) is 11.7. The van der Waals surface area contributed by atoms with Crippen LogP contribution in [0.25, 0.3) is 0 Å². The highest BCUT2D eigenvalue weighted by atomic mass is 16.2. The van der Waals surface area contributed by atoms with Crippen molar-refractivity contribution in [1.82, 2.24) is 4.90 Å². The molecule has 0 N–H and O–H groups in total. The van der Waals surface area contributed by atoms with Gasteiger partial charge in [-0.05, 0) is 37.0 Å². The van der Waals surface area contributed by atoms with Gasteiger partial charge in [0, 0.05) is 19.0 Å². The van der Waals surface area contributed by atoms with Crippen LogP contribution in [0.2, 0.25) is 0 Å². The number of carbonyl (C=O) groups is 1. The molecule has 2 rings (SSSR count). The van der Waals surface area contributed by atoms with Crippen LogP contribution in [0, 0.1) is 11.3 Å². The maximum atomic E-state index is 12.4. The van der Waals surface area contributed by atoms with E-state index < -0.39 is 0 Å². The number of carbonyl (C=O) groups excluding carboxylic acids is 1. The Morgan fingerprint density at radius 2 is 1.76 bits per heavy atom. The Labute approximate surface area is 106 Å². The van der Waals surface area contributed by atoms with E-state index in [4.69, 9.17) is 0 Å². The van der Waals surface area contributed by atoms with Crippen molar-refractivity contribution < 1.29 is 4.79 Å². The second-order valence-electron chi connectivity index (χ2n) is 7.08. The third-order valence-electron chi connectivity index (χ3n) is 4.25. The summed E-state index contributed by atoms with van der Waals surface area (Å²) in [6.45, 7) is 7.48. The fraction of sp³-hybridized carbons (Fsp3) is 0.933. The molecule has 1 amide bonds. The monoisotopic (exact) mass is 237 g/mol. The van der Waals surface area contributed by atoms with E-state index in [9.17, 15) is 4.79 Å². The van der Waals surface area contributed by atoms with Crippen LogP contribution < -0.4 is 0 Å². The van der Waals surface area contributed by atoms with Crippen molar-refractivity contribution in [3.63, 3.8) is 0 Å². The molecule has 2 aliphatic rings. The second-order valence-corrected chi connectivity index (χ2v) is 7.08. The summed E-state index contributed by atoms with van der Waals surface area (Å²) in [5.74, 6) is 1.20. The average molecular weight is 237 g/mol. The van der Waals surface area contributed by atoms with Gasteiger partial charge in [-0.2, -0.15) is 0 Å². The number of nitrogens with zero attached hydrogens (tertiary/aromatic N) is 1. The molecule has 1 unspecified atom stereocenters. The van der Waals surface area contributed by atoms with Gasteiger partial charge in [0.15, 0.2) is 0 Å². The van der Waals surface area contributed by atoms with Gasteiger partial charge in [-0.25, -0.2) is 0 Å². The van der Waals surface area contributed by atoms with Crippen LogP contribution in [-0.4, -0.2) is 23.4 Å². The first kappa shape index (κ1) is 12.9. The van der Waals surface area contributed by atoms with Crippen molar-refractivity contribution in [1.29, 1.82) is 0 Å². The minimum absolute atomic E-state index is 0.125. The van der Waals surface area contributed by atoms with Crippen molar-refractivity contribution in [2.24, 2.45) is 11.3 Å². The Bertz CT molecular complexity index is 273. The molecule has 0 spiro atoms. The lowest BCUT2D eigenvalue weighted by molar-refractivity contribution is -0.134. The fourth-order valence-corrected chi connectivity index (χ4v) is 3.49. The third kappa shape index (κ3) is 3.23. The predicted molar refractivity (Wildman–Crippen MR) is 70.8 cm³/mol. The molecule has 17 heavy (non-hydrogen) atoms. The summed E-state index contributed by atoms with van der Waals surface area (Å²) in [4.78, 5) is 14.6. The van der Waals surface area contributed by atoms with Crippen molar-refractivity contribution >= 4 is 5.91 Å². The molecular formula is C15H27NO. The first-order valence-electron chi connectivity index (χ1n) is 7.27. The standard InChI is InChI=1S/C15H27NO/c1-15(2,3)11-14(17)16-10-6-9-13(16)12-7-4-5-8-12/h12-13H,4-11H2,1-3H3. The normalized spacial score (nSPS) is 26.8. The smallest absolute Gasteiger partial charge is 0.223 e. The van der Waals surface area contributed by atoms with Crippen molar-refractivity contribution in [3.8, 4) is 0 Å². The second kappa shape index (κ2) is 4.99. The Kier molecular flexibility index (Phi) is 3.79. The average Bonchev–Trinajstić information content (AvgIpc) is 2.85. The summed E-state index contributed by atoms with van der Waals surface area (Å²) in [6.07, 6.45) is 8.63. The number of hydrogen-bond donors (Lipinski definition) is 0. The Balaban J connectivity index is 1.96. The van der Waals surface area contributed by atoms with Crippen molar-refractivity contribution in [2.75, 3.05) is 6.54 Å². The minimum atomic E-state index is 0.125. The highest BCUT2D eigenvalue weighted by Gasteiger charge is 2.36. The lowest BCUT2D eigenvalue weighted by Gasteiger charge is -2.31. The van der Waals surface area contributed by atoms with Crippen LogP contribution in [0.5, 0.6) is 0 Å². The topological polar surface area (TPSA) is 20.3 Å². The molecule has 1 atom stereocenters. The number of hydrogen-bond acceptors (Lipinski definition) is 1. The molecule has 0 bridgehead atoms. The lowest BCUT2D eigenvalue weighted by Crippen LogP contribution is -2.40. The number of likely N-dealkylation sites (tertiary alicyclic amines) is 1. The molecule has 98 valence electrons. The minimum Gasteiger partial charge on any atom is -0.339 e. The highest BCUT2D eigenvalue weighted by Crippen LogP contribution is 2.36. The van der Waals surface area contributed by atoms with Gasteiger partial charge in [-0.1, -0.05) is 33.6 Å². The molecule has 2 heteroatoms. The third-order valence-corrected chi connectivity index (χ3v) is 4.25. The summed E-state index contributed by atoms with van der Waals surface area (Å²) < 4.78 is 0. The molecule has 1 saturated heterocycles. The van der Waals surface area contributed by atoms with Gasteiger partial charge in [-0.3, -0.25) is 4.79 Å². The SMILES string of the molecule is CC(C)(C)CC(=O)N1CCCC1C1CCCC1. The van der Waals surface area contributed by atoms with Gasteiger partial charge >= 0.3 is 0 Å². The zero-order chi connectivity index (χ0) is 12.5. The van der Waals surface area contributed by atoms with Crippen molar-refractivity contribution in [2.45, 2.75) is 71.8 Å². The predicted octanol–water partition coefficient (Wildman–Crippen LogP) is 3.60. The summed E-state index contributed by atoms with van der Waals surface area (Å²) in [5.41, 5.74) is 0.125. The molecule has 1 heterocycles. The largest absolute Gasteiger partial charge is 0.339 e. The van der Waals surface area contributed by atoms with Crippen LogP contribution in [0.15, 0.2) is 0 Å². The molecular weight excluding hydrogens is 210 g/mol. The van der Waals surface area contributed by atoms with E-state index in [1.165, 1.54) is 38.5 Å². The van der Waals surface area contributed by atoms with E-state index in [0.717, 1.165) is 12.5 Å². The zero-order valence-electron chi connectivity index (χ0n) is 11.7. The number of rotatable bonds is 2. The molecule has 0 aromatic heterocycles. The van der Waals surface area contributed by atoms with E-state index >= 15 is 0 Å². The lowest BCUT2D eigenvalue weighted by atomic mass is 9.90. The van der Waals surface area contributed by atoms with E-state index in [0.29, 0.717) is 18.4 Å². The summed E-state index contributed by atoms with van der Waals surface area (Å²) in [6, 6.07) is 0.576. The van der Waals surface area contributed by atoms with Crippen LogP contribution in [0.3, 0.4) is 0 Å². The maximum Gasteiger partial charge on any atom is 0.223 e. The molecule has 2 fully saturated rings. The Morgan fingerprint density at radius 1 is 1.12 bits per heavy atom. The van der Waals surface area contributed by atoms with Gasteiger partial charge in [0.2, 0.25) is 5.91 Å². The summed E-state index contributed by atoms with van der Waals surface area (Å²) in [7, 11) is 0. The summed E-state index contributed by atoms with van der Waals surface area (Å²) in [5, 5.41) is 0. The van der Waals surface area contributed by atoms with Crippen molar-refractivity contribution in [3.05, 3.63) is 0 Å². The molecule has 1 saturated carbocycles. The van der Waals surface area contributed by atoms with Crippen LogP contribution in [0.1, 0.15) is 65.7 Å². The Morgan fingerprint density at radius 3 is 2.35 bits per heavy atom. The van der Waals surface area contributed by atoms with Crippen LogP contribution >= 0.6 is 0 Å². The number of amides is 1. The highest BCUT2D eigenvalue weighted by molar-refractivity contribution is 5.77. The molecule has 0 aromatic carbocycles. The fourth-order valence-electron chi connectivity index (χ4n) is 3.49. The van der Waals surface area contributed by atoms with E-state index in [1.54, 1.807) is 0 Å². The maximum absolute atomic E-state index is 12.4. The van der Waals surface area contributed by atoms with Crippen LogP contribution in [-0.2, 0) is 4.79 Å². The van der Waals surface area contributed by atoms with Gasteiger partial charge < -0.3 is 4.90 Å². The summed E-state index contributed by atoms with van der Waals surface area (Å²) >= 11 is 0. The molecule has 1 aliphatic carbocycles. The van der Waals surface area contributed by atoms with E-state index in [1.807, 2.05) is 0 Å². The van der Waals surface area contributed by atoms with Gasteiger partial charge in [-0.15, -0.1) is 0 Å². The van der Waals surface area contributed by atoms with Gasteiger partial charge in [0.25, 0.3) is 0 Å². The quantitative estimate of drug-likeness (QED) is 0.718. The van der Waals surface area contributed by atoms with Gasteiger partial charge in [0.1, 0.15) is 0 Å². The molecule has 0 radical (unpaired) electrons. The first-order valence-corrected chi connectivity index (χ1v) is 7.27. The van der Waals surface area contributed by atoms with E-state index in [-0.39, 0.29) is 5.41 Å². The van der Waals surface area contributed by atoms with Crippen LogP contribution in [0.4, 0.5) is 0 Å².